The van der Waals surface area contributed by atoms with E-state index in [1.807, 2.05) is 0 Å². The maximum atomic E-state index is 5.99. The lowest BCUT2D eigenvalue weighted by Gasteiger charge is -2.11. The average Bonchev–Trinajstić information content (AvgIpc) is 2.09. The lowest BCUT2D eigenvalue weighted by Crippen LogP contribution is -2.22. The summed E-state index contributed by atoms with van der Waals surface area (Å²) in [5, 5.41) is 0. The number of rotatable bonds is 4. The molecular weight excluding hydrogens is 158 g/mol. The van der Waals surface area contributed by atoms with Crippen molar-refractivity contribution in [1.82, 2.24) is 0 Å². The highest BCUT2D eigenvalue weighted by atomic mass is 14.6. The van der Waals surface area contributed by atoms with E-state index in [-0.39, 0.29) is 0 Å². The molecule has 1 atom stereocenters. The molecule has 1 nitrogen and oxygen atoms in total. The predicted molar refractivity (Wildman–Crippen MR) is 57.8 cm³/mol. The molecule has 0 radical (unpaired) electrons. The van der Waals surface area contributed by atoms with Crippen LogP contribution in [0.2, 0.25) is 0 Å². The van der Waals surface area contributed by atoms with Crippen LogP contribution in [0, 0.1) is 6.92 Å². The van der Waals surface area contributed by atoms with Gasteiger partial charge in [0.25, 0.3) is 0 Å². The van der Waals surface area contributed by atoms with Gasteiger partial charge in [0.05, 0.1) is 0 Å². The Hall–Kier alpha value is -0.820. The van der Waals surface area contributed by atoms with Crippen LogP contribution in [0.4, 0.5) is 0 Å². The smallest absolute Gasteiger partial charge is 0.00793 e. The first kappa shape index (κ1) is 10.3. The van der Waals surface area contributed by atoms with E-state index in [9.17, 15) is 0 Å². The molecule has 72 valence electrons. The van der Waals surface area contributed by atoms with Crippen LogP contribution in [0.3, 0.4) is 0 Å². The molecule has 0 aliphatic heterocycles. The first-order valence-electron chi connectivity index (χ1n) is 5.04. The Bertz CT molecular complexity index is 255. The Balaban J connectivity index is 2.58. The van der Waals surface area contributed by atoms with E-state index in [2.05, 4.69) is 38.1 Å². The normalized spacial score (nSPS) is 12.8. The minimum Gasteiger partial charge on any atom is -0.327 e. The van der Waals surface area contributed by atoms with Crippen molar-refractivity contribution in [1.29, 1.82) is 0 Å². The summed E-state index contributed by atoms with van der Waals surface area (Å²) in [7, 11) is 0. The standard InChI is InChI=1S/C12H19N/c1-3-6-12(13)9-11-8-5-4-7-10(11)2/h4-5,7-8,12H,3,6,9,13H2,1-2H3/t12-/m0/s1. The number of nitrogens with two attached hydrogens (primary N) is 1. The molecule has 1 aromatic rings. The summed E-state index contributed by atoms with van der Waals surface area (Å²) >= 11 is 0. The molecule has 0 aliphatic carbocycles. The molecule has 1 aromatic carbocycles. The van der Waals surface area contributed by atoms with E-state index in [1.54, 1.807) is 0 Å². The molecule has 0 bridgehead atoms. The highest BCUT2D eigenvalue weighted by molar-refractivity contribution is 5.26. The Morgan fingerprint density at radius 1 is 1.31 bits per heavy atom. The van der Waals surface area contributed by atoms with E-state index in [0.717, 1.165) is 12.8 Å². The summed E-state index contributed by atoms with van der Waals surface area (Å²) in [5.41, 5.74) is 8.73. The van der Waals surface area contributed by atoms with Gasteiger partial charge in [0, 0.05) is 6.04 Å². The lowest BCUT2D eigenvalue weighted by atomic mass is 9.99. The Morgan fingerprint density at radius 2 is 2.00 bits per heavy atom. The van der Waals surface area contributed by atoms with Crippen molar-refractivity contribution in [2.24, 2.45) is 5.73 Å². The van der Waals surface area contributed by atoms with Gasteiger partial charge in [-0.25, -0.2) is 0 Å². The summed E-state index contributed by atoms with van der Waals surface area (Å²) < 4.78 is 0. The summed E-state index contributed by atoms with van der Waals surface area (Å²) in [5.74, 6) is 0. The number of benzene rings is 1. The molecule has 0 unspecified atom stereocenters. The Morgan fingerprint density at radius 3 is 2.62 bits per heavy atom. The maximum Gasteiger partial charge on any atom is 0.00793 e. The fraction of sp³-hybridized carbons (Fsp3) is 0.500. The lowest BCUT2D eigenvalue weighted by molar-refractivity contribution is 0.599. The molecule has 0 heterocycles. The highest BCUT2D eigenvalue weighted by Crippen LogP contribution is 2.10. The zero-order valence-corrected chi connectivity index (χ0v) is 8.59. The van der Waals surface area contributed by atoms with Crippen LogP contribution < -0.4 is 5.73 Å². The molecule has 0 fully saturated rings. The Labute approximate surface area is 81.0 Å². The molecule has 2 N–H and O–H groups in total. The van der Waals surface area contributed by atoms with Crippen molar-refractivity contribution in [2.45, 2.75) is 39.2 Å². The molecule has 13 heavy (non-hydrogen) atoms. The summed E-state index contributed by atoms with van der Waals surface area (Å²) in [6.45, 7) is 4.33. The van der Waals surface area contributed by atoms with Crippen molar-refractivity contribution in [3.8, 4) is 0 Å². The van der Waals surface area contributed by atoms with E-state index >= 15 is 0 Å². The second-order valence-electron chi connectivity index (χ2n) is 3.68. The number of hydrogen-bond donors (Lipinski definition) is 1. The molecule has 1 heteroatoms. The fourth-order valence-electron chi connectivity index (χ4n) is 1.59. The second-order valence-corrected chi connectivity index (χ2v) is 3.68. The van der Waals surface area contributed by atoms with E-state index in [0.29, 0.717) is 6.04 Å². The fourth-order valence-corrected chi connectivity index (χ4v) is 1.59. The zero-order valence-electron chi connectivity index (χ0n) is 8.59. The largest absolute Gasteiger partial charge is 0.327 e. The molecule has 0 amide bonds. The highest BCUT2D eigenvalue weighted by Gasteiger charge is 2.03. The average molecular weight is 177 g/mol. The van der Waals surface area contributed by atoms with Crippen molar-refractivity contribution in [2.75, 3.05) is 0 Å². The van der Waals surface area contributed by atoms with Gasteiger partial charge in [-0.05, 0) is 30.9 Å². The van der Waals surface area contributed by atoms with Crippen LogP contribution in [0.1, 0.15) is 30.9 Å². The quantitative estimate of drug-likeness (QED) is 0.751. The van der Waals surface area contributed by atoms with E-state index in [4.69, 9.17) is 5.73 Å². The van der Waals surface area contributed by atoms with Gasteiger partial charge in [0.1, 0.15) is 0 Å². The first-order valence-corrected chi connectivity index (χ1v) is 5.04. The second kappa shape index (κ2) is 5.03. The first-order chi connectivity index (χ1) is 6.24. The van der Waals surface area contributed by atoms with Crippen LogP contribution in [-0.2, 0) is 6.42 Å². The van der Waals surface area contributed by atoms with Crippen molar-refractivity contribution in [3.05, 3.63) is 35.4 Å². The third-order valence-electron chi connectivity index (χ3n) is 2.40. The number of hydrogen-bond acceptors (Lipinski definition) is 1. The molecule has 1 rings (SSSR count). The van der Waals surface area contributed by atoms with Gasteiger partial charge < -0.3 is 5.73 Å². The molecule has 0 aliphatic rings. The summed E-state index contributed by atoms with van der Waals surface area (Å²) in [6.07, 6.45) is 3.31. The zero-order chi connectivity index (χ0) is 9.68. The maximum absolute atomic E-state index is 5.99. The van der Waals surface area contributed by atoms with Crippen LogP contribution >= 0.6 is 0 Å². The molecule has 0 saturated heterocycles. The third kappa shape index (κ3) is 3.19. The van der Waals surface area contributed by atoms with Gasteiger partial charge >= 0.3 is 0 Å². The minimum atomic E-state index is 0.325. The van der Waals surface area contributed by atoms with Crippen molar-refractivity contribution < 1.29 is 0 Å². The predicted octanol–water partition coefficient (Wildman–Crippen LogP) is 2.66. The molecule has 0 saturated carbocycles. The van der Waals surface area contributed by atoms with Crippen molar-refractivity contribution in [3.63, 3.8) is 0 Å². The molecule has 0 aromatic heterocycles. The van der Waals surface area contributed by atoms with Crippen LogP contribution in [0.25, 0.3) is 0 Å². The molecule has 0 spiro atoms. The number of aryl methyl sites for hydroxylation is 1. The third-order valence-corrected chi connectivity index (χ3v) is 2.40. The summed E-state index contributed by atoms with van der Waals surface area (Å²) in [4.78, 5) is 0. The van der Waals surface area contributed by atoms with Crippen molar-refractivity contribution >= 4 is 0 Å². The monoisotopic (exact) mass is 177 g/mol. The van der Waals surface area contributed by atoms with Gasteiger partial charge in [-0.1, -0.05) is 37.6 Å². The Kier molecular flexibility index (Phi) is 3.97. The van der Waals surface area contributed by atoms with Gasteiger partial charge in [-0.15, -0.1) is 0 Å². The topological polar surface area (TPSA) is 26.0 Å². The van der Waals surface area contributed by atoms with Gasteiger partial charge in [-0.3, -0.25) is 0 Å². The van der Waals surface area contributed by atoms with Gasteiger partial charge in [0.2, 0.25) is 0 Å². The SMILES string of the molecule is CCC[C@H](N)Cc1ccccc1C. The van der Waals surface area contributed by atoms with Gasteiger partial charge in [-0.2, -0.15) is 0 Å². The van der Waals surface area contributed by atoms with Crippen LogP contribution in [0.5, 0.6) is 0 Å². The van der Waals surface area contributed by atoms with Crippen LogP contribution in [-0.4, -0.2) is 6.04 Å². The minimum absolute atomic E-state index is 0.325. The van der Waals surface area contributed by atoms with E-state index in [1.165, 1.54) is 17.5 Å². The van der Waals surface area contributed by atoms with E-state index < -0.39 is 0 Å². The van der Waals surface area contributed by atoms with Gasteiger partial charge in [0.15, 0.2) is 0 Å². The summed E-state index contributed by atoms with van der Waals surface area (Å²) in [6, 6.07) is 8.80. The molecular formula is C12H19N. The van der Waals surface area contributed by atoms with Crippen LogP contribution in [0.15, 0.2) is 24.3 Å².